The zero-order valence-electron chi connectivity index (χ0n) is 13.7. The normalized spacial score (nSPS) is 16.2. The monoisotopic (exact) mass is 312 g/mol. The summed E-state index contributed by atoms with van der Waals surface area (Å²) in [4.78, 5) is 12.6. The van der Waals surface area contributed by atoms with Gasteiger partial charge in [0.25, 0.3) is 0 Å². The topological polar surface area (TPSA) is 50.4 Å². The number of benzene rings is 1. The van der Waals surface area contributed by atoms with E-state index in [1.54, 1.807) is 0 Å². The van der Waals surface area contributed by atoms with E-state index in [1.807, 2.05) is 37.3 Å². The fourth-order valence-corrected chi connectivity index (χ4v) is 3.62. The summed E-state index contributed by atoms with van der Waals surface area (Å²) in [5, 5.41) is 10.8. The summed E-state index contributed by atoms with van der Waals surface area (Å²) >= 11 is 0. The van der Waals surface area contributed by atoms with Gasteiger partial charge in [-0.2, -0.15) is 0 Å². The molecule has 3 rings (SSSR count). The van der Waals surface area contributed by atoms with Crippen LogP contribution >= 0.6 is 0 Å². The van der Waals surface area contributed by atoms with Crippen LogP contribution in [0.3, 0.4) is 0 Å². The smallest absolute Gasteiger partial charge is 0.343 e. The van der Waals surface area contributed by atoms with Gasteiger partial charge < -0.3 is 9.52 Å². The highest BCUT2D eigenvalue weighted by molar-refractivity contribution is 5.46. The Bertz CT molecular complexity index is 716. The number of rotatable bonds is 3. The molecule has 0 saturated carbocycles. The summed E-state index contributed by atoms with van der Waals surface area (Å²) < 4.78 is 5.64. The maximum Gasteiger partial charge on any atom is 0.343 e. The van der Waals surface area contributed by atoms with Crippen LogP contribution in [0.5, 0.6) is 5.75 Å². The lowest BCUT2D eigenvalue weighted by molar-refractivity contribution is 0.384. The Morgan fingerprint density at radius 2 is 1.78 bits per heavy atom. The molecule has 122 valence electrons. The molecule has 1 atom stereocenters. The van der Waals surface area contributed by atoms with Crippen LogP contribution in [0.1, 0.15) is 67.4 Å². The molecule has 23 heavy (non-hydrogen) atoms. The molecule has 1 heterocycles. The van der Waals surface area contributed by atoms with Gasteiger partial charge in [0.05, 0.1) is 5.56 Å². The third kappa shape index (κ3) is 3.19. The minimum absolute atomic E-state index is 0.122. The van der Waals surface area contributed by atoms with E-state index < -0.39 is 0 Å². The van der Waals surface area contributed by atoms with Crippen molar-refractivity contribution in [3.8, 4) is 5.75 Å². The summed E-state index contributed by atoms with van der Waals surface area (Å²) in [5.74, 6) is 0.746. The van der Waals surface area contributed by atoms with Crippen molar-refractivity contribution >= 4 is 0 Å². The maximum absolute atomic E-state index is 12.6. The summed E-state index contributed by atoms with van der Waals surface area (Å²) in [7, 11) is 0. The molecule has 3 heteroatoms. The average Bonchev–Trinajstić information content (AvgIpc) is 2.54. The molecule has 1 aromatic heterocycles. The summed E-state index contributed by atoms with van der Waals surface area (Å²) in [6.07, 6.45) is 6.68. The van der Waals surface area contributed by atoms with Gasteiger partial charge in [-0.15, -0.1) is 0 Å². The molecule has 1 aromatic carbocycles. The second-order valence-electron chi connectivity index (χ2n) is 6.34. The molecule has 0 fully saturated rings. The van der Waals surface area contributed by atoms with Gasteiger partial charge in [0.15, 0.2) is 0 Å². The number of hydrogen-bond donors (Lipinski definition) is 1. The molecule has 0 spiro atoms. The van der Waals surface area contributed by atoms with Crippen molar-refractivity contribution in [2.75, 3.05) is 0 Å². The average molecular weight is 312 g/mol. The van der Waals surface area contributed by atoms with E-state index in [9.17, 15) is 9.90 Å². The lowest BCUT2D eigenvalue weighted by Gasteiger charge is -2.20. The third-order valence-corrected chi connectivity index (χ3v) is 4.85. The molecule has 0 unspecified atom stereocenters. The van der Waals surface area contributed by atoms with Gasteiger partial charge in [-0.25, -0.2) is 4.79 Å². The second kappa shape index (κ2) is 7.03. The van der Waals surface area contributed by atoms with E-state index in [0.717, 1.165) is 49.7 Å². The van der Waals surface area contributed by atoms with Crippen molar-refractivity contribution in [3.63, 3.8) is 0 Å². The Hall–Kier alpha value is -2.03. The SMILES string of the molecule is CC[C@@H](c1ccccc1)c1c(O)c2c(oc1=O)CCCCCC2. The minimum atomic E-state index is -0.377. The Morgan fingerprint density at radius 3 is 2.48 bits per heavy atom. The maximum atomic E-state index is 12.6. The Labute approximate surface area is 137 Å². The molecular weight excluding hydrogens is 288 g/mol. The second-order valence-corrected chi connectivity index (χ2v) is 6.34. The highest BCUT2D eigenvalue weighted by Crippen LogP contribution is 2.36. The van der Waals surface area contributed by atoms with Gasteiger partial charge in [-0.05, 0) is 31.2 Å². The zero-order valence-corrected chi connectivity index (χ0v) is 13.7. The highest BCUT2D eigenvalue weighted by Gasteiger charge is 2.26. The van der Waals surface area contributed by atoms with Crippen molar-refractivity contribution in [2.45, 2.75) is 57.8 Å². The standard InChI is InChI=1S/C20H24O3/c1-2-15(14-10-6-5-7-11-14)18-19(21)16-12-8-3-4-9-13-17(16)23-20(18)22/h5-7,10-11,15,21H,2-4,8-9,12-13H2,1H3/t15-/m0/s1. The molecular formula is C20H24O3. The van der Waals surface area contributed by atoms with Crippen LogP contribution in [0.15, 0.2) is 39.5 Å². The van der Waals surface area contributed by atoms with E-state index in [1.165, 1.54) is 6.42 Å². The van der Waals surface area contributed by atoms with Crippen LogP contribution in [-0.4, -0.2) is 5.11 Å². The molecule has 3 nitrogen and oxygen atoms in total. The Balaban J connectivity index is 2.11. The van der Waals surface area contributed by atoms with Crippen molar-refractivity contribution in [3.05, 3.63) is 63.2 Å². The largest absolute Gasteiger partial charge is 0.507 e. The van der Waals surface area contributed by atoms with Crippen LogP contribution in [0.25, 0.3) is 0 Å². The fourth-order valence-electron chi connectivity index (χ4n) is 3.62. The quantitative estimate of drug-likeness (QED) is 0.904. The third-order valence-electron chi connectivity index (χ3n) is 4.85. The van der Waals surface area contributed by atoms with Crippen molar-refractivity contribution in [1.29, 1.82) is 0 Å². The first-order valence-electron chi connectivity index (χ1n) is 8.65. The van der Waals surface area contributed by atoms with E-state index in [-0.39, 0.29) is 17.3 Å². The van der Waals surface area contributed by atoms with Gasteiger partial charge in [0, 0.05) is 17.9 Å². The predicted octanol–water partition coefficient (Wildman–Crippen LogP) is 4.55. The van der Waals surface area contributed by atoms with Crippen molar-refractivity contribution < 1.29 is 9.52 Å². The molecule has 1 aliphatic rings. The van der Waals surface area contributed by atoms with E-state index >= 15 is 0 Å². The first-order valence-corrected chi connectivity index (χ1v) is 8.65. The zero-order chi connectivity index (χ0) is 16.2. The van der Waals surface area contributed by atoms with Gasteiger partial charge in [-0.1, -0.05) is 50.1 Å². The molecule has 0 saturated heterocycles. The Kier molecular flexibility index (Phi) is 4.85. The van der Waals surface area contributed by atoms with Crippen molar-refractivity contribution in [2.24, 2.45) is 0 Å². The number of fused-ring (bicyclic) bond motifs is 1. The summed E-state index contributed by atoms with van der Waals surface area (Å²) in [6.45, 7) is 2.03. The van der Waals surface area contributed by atoms with Gasteiger partial charge in [0.2, 0.25) is 0 Å². The minimum Gasteiger partial charge on any atom is -0.507 e. The number of aryl methyl sites for hydroxylation is 1. The van der Waals surface area contributed by atoms with Crippen LogP contribution in [0.4, 0.5) is 0 Å². The van der Waals surface area contributed by atoms with Crippen LogP contribution < -0.4 is 5.63 Å². The van der Waals surface area contributed by atoms with Gasteiger partial charge in [0.1, 0.15) is 11.5 Å². The summed E-state index contributed by atoms with van der Waals surface area (Å²) in [6, 6.07) is 9.89. The van der Waals surface area contributed by atoms with E-state index in [0.29, 0.717) is 11.3 Å². The van der Waals surface area contributed by atoms with Crippen LogP contribution in [0.2, 0.25) is 0 Å². The van der Waals surface area contributed by atoms with Crippen LogP contribution in [0, 0.1) is 0 Å². The first-order chi connectivity index (χ1) is 11.2. The van der Waals surface area contributed by atoms with Gasteiger partial charge in [-0.3, -0.25) is 0 Å². The summed E-state index contributed by atoms with van der Waals surface area (Å²) in [5.41, 5.74) is 1.95. The number of aromatic hydroxyl groups is 1. The molecule has 0 bridgehead atoms. The first kappa shape index (κ1) is 15.9. The lowest BCUT2D eigenvalue weighted by atomic mass is 9.87. The van der Waals surface area contributed by atoms with Crippen LogP contribution in [-0.2, 0) is 12.8 Å². The molecule has 0 aliphatic heterocycles. The molecule has 2 aromatic rings. The molecule has 1 N–H and O–H groups in total. The van der Waals surface area contributed by atoms with Crippen molar-refractivity contribution in [1.82, 2.24) is 0 Å². The number of hydrogen-bond acceptors (Lipinski definition) is 3. The van der Waals surface area contributed by atoms with E-state index in [2.05, 4.69) is 0 Å². The molecule has 0 radical (unpaired) electrons. The Morgan fingerprint density at radius 1 is 1.09 bits per heavy atom. The lowest BCUT2D eigenvalue weighted by Crippen LogP contribution is -2.17. The molecule has 0 amide bonds. The van der Waals surface area contributed by atoms with Gasteiger partial charge >= 0.3 is 5.63 Å². The van der Waals surface area contributed by atoms with E-state index in [4.69, 9.17) is 4.42 Å². The molecule has 1 aliphatic carbocycles. The fraction of sp³-hybridized carbons (Fsp3) is 0.450. The highest BCUT2D eigenvalue weighted by atomic mass is 16.4. The predicted molar refractivity (Wildman–Crippen MR) is 91.1 cm³/mol.